The van der Waals surface area contributed by atoms with Gasteiger partial charge in [-0.2, -0.15) is 0 Å². The second kappa shape index (κ2) is 9.01. The number of hydrogen-bond acceptors (Lipinski definition) is 3. The molecule has 1 atom stereocenters. The number of anilines is 1. The average molecular weight is 361 g/mol. The molecule has 142 valence electrons. The van der Waals surface area contributed by atoms with Crippen LogP contribution in [-0.4, -0.2) is 53.8 Å². The van der Waals surface area contributed by atoms with Gasteiger partial charge in [0.1, 0.15) is 5.82 Å². The molecule has 2 aliphatic rings. The van der Waals surface area contributed by atoms with Crippen molar-refractivity contribution in [1.82, 2.24) is 9.80 Å². The molecule has 2 saturated heterocycles. The molecular weight excluding hydrogens is 333 g/mol. The number of amides is 2. The van der Waals surface area contributed by atoms with Crippen molar-refractivity contribution in [2.45, 2.75) is 51.0 Å². The maximum absolute atomic E-state index is 13.0. The van der Waals surface area contributed by atoms with Gasteiger partial charge in [0.2, 0.25) is 11.8 Å². The Labute approximate surface area is 154 Å². The van der Waals surface area contributed by atoms with Gasteiger partial charge in [0.25, 0.3) is 0 Å². The van der Waals surface area contributed by atoms with Crippen molar-refractivity contribution in [3.05, 3.63) is 30.1 Å². The Hall–Kier alpha value is -2.11. The standard InChI is InChI=1S/C20H28FN3O2/c21-16-8-10-17(11-9-16)22-18-5-3-14-24(15-18)20(26)7-4-13-23-12-2-1-6-19(23)25/h8-11,18,22H,1-7,12-15H2/t18-/m0/s1. The predicted octanol–water partition coefficient (Wildman–Crippen LogP) is 3.02. The Morgan fingerprint density at radius 3 is 2.73 bits per heavy atom. The zero-order valence-corrected chi connectivity index (χ0v) is 15.3. The van der Waals surface area contributed by atoms with E-state index >= 15 is 0 Å². The van der Waals surface area contributed by atoms with Crippen molar-refractivity contribution in [2.75, 3.05) is 31.5 Å². The van der Waals surface area contributed by atoms with Gasteiger partial charge in [0.05, 0.1) is 0 Å². The molecule has 2 aliphatic heterocycles. The van der Waals surface area contributed by atoms with Gasteiger partial charge < -0.3 is 15.1 Å². The van der Waals surface area contributed by atoms with Gasteiger partial charge in [-0.1, -0.05) is 0 Å². The molecule has 0 aliphatic carbocycles. The maximum atomic E-state index is 13.0. The molecule has 1 aromatic rings. The van der Waals surface area contributed by atoms with Crippen LogP contribution in [0.3, 0.4) is 0 Å². The van der Waals surface area contributed by atoms with E-state index in [2.05, 4.69) is 5.32 Å². The molecule has 0 saturated carbocycles. The predicted molar refractivity (Wildman–Crippen MR) is 99.3 cm³/mol. The highest BCUT2D eigenvalue weighted by molar-refractivity contribution is 5.77. The van der Waals surface area contributed by atoms with Gasteiger partial charge in [-0.25, -0.2) is 4.39 Å². The summed E-state index contributed by atoms with van der Waals surface area (Å²) in [6, 6.07) is 6.53. The highest BCUT2D eigenvalue weighted by Crippen LogP contribution is 2.18. The molecule has 0 unspecified atom stereocenters. The molecule has 0 spiro atoms. The summed E-state index contributed by atoms with van der Waals surface area (Å²) in [6.45, 7) is 3.00. The number of hydrogen-bond donors (Lipinski definition) is 1. The van der Waals surface area contributed by atoms with E-state index in [4.69, 9.17) is 0 Å². The molecule has 26 heavy (non-hydrogen) atoms. The van der Waals surface area contributed by atoms with E-state index in [-0.39, 0.29) is 23.7 Å². The summed E-state index contributed by atoms with van der Waals surface area (Å²) in [5, 5.41) is 3.39. The highest BCUT2D eigenvalue weighted by atomic mass is 19.1. The van der Waals surface area contributed by atoms with E-state index in [1.807, 2.05) is 9.80 Å². The Bertz CT molecular complexity index is 620. The fraction of sp³-hybridized carbons (Fsp3) is 0.600. The number of carbonyl (C=O) groups excluding carboxylic acids is 2. The normalized spacial score (nSPS) is 21.0. The van der Waals surface area contributed by atoms with Gasteiger partial charge in [-0.05, 0) is 56.4 Å². The minimum atomic E-state index is -0.247. The van der Waals surface area contributed by atoms with E-state index in [9.17, 15) is 14.0 Å². The zero-order chi connectivity index (χ0) is 18.4. The van der Waals surface area contributed by atoms with Gasteiger partial charge in [0.15, 0.2) is 0 Å². The first-order valence-electron chi connectivity index (χ1n) is 9.69. The van der Waals surface area contributed by atoms with E-state index in [1.54, 1.807) is 12.1 Å². The van der Waals surface area contributed by atoms with Crippen LogP contribution in [0.4, 0.5) is 10.1 Å². The van der Waals surface area contributed by atoms with E-state index in [0.29, 0.717) is 25.9 Å². The third-order valence-corrected chi connectivity index (χ3v) is 5.23. The first kappa shape index (κ1) is 18.7. The number of likely N-dealkylation sites (tertiary alicyclic amines) is 2. The Morgan fingerprint density at radius 2 is 1.96 bits per heavy atom. The van der Waals surface area contributed by atoms with Crippen LogP contribution in [0, 0.1) is 5.82 Å². The fourth-order valence-electron chi connectivity index (χ4n) is 3.78. The van der Waals surface area contributed by atoms with Gasteiger partial charge in [-0.15, -0.1) is 0 Å². The lowest BCUT2D eigenvalue weighted by Crippen LogP contribution is -2.45. The summed E-state index contributed by atoms with van der Waals surface area (Å²) >= 11 is 0. The Morgan fingerprint density at radius 1 is 1.15 bits per heavy atom. The number of benzene rings is 1. The quantitative estimate of drug-likeness (QED) is 0.847. The smallest absolute Gasteiger partial charge is 0.222 e. The van der Waals surface area contributed by atoms with Gasteiger partial charge in [0, 0.05) is 50.7 Å². The number of nitrogens with one attached hydrogen (secondary N) is 1. The number of carbonyl (C=O) groups is 2. The summed E-state index contributed by atoms with van der Waals surface area (Å²) < 4.78 is 13.0. The van der Waals surface area contributed by atoms with E-state index in [1.165, 1.54) is 12.1 Å². The summed E-state index contributed by atoms with van der Waals surface area (Å²) in [6.07, 6.45) is 5.91. The van der Waals surface area contributed by atoms with Crippen molar-refractivity contribution in [3.63, 3.8) is 0 Å². The Balaban J connectivity index is 1.42. The lowest BCUT2D eigenvalue weighted by molar-refractivity contribution is -0.135. The van der Waals surface area contributed by atoms with Crippen LogP contribution in [0.25, 0.3) is 0 Å². The molecule has 2 heterocycles. The van der Waals surface area contributed by atoms with Crippen LogP contribution in [0.2, 0.25) is 0 Å². The second-order valence-corrected chi connectivity index (χ2v) is 7.27. The van der Waals surface area contributed by atoms with Crippen LogP contribution < -0.4 is 5.32 Å². The minimum absolute atomic E-state index is 0.167. The molecule has 2 fully saturated rings. The minimum Gasteiger partial charge on any atom is -0.381 e. The lowest BCUT2D eigenvalue weighted by Gasteiger charge is -2.34. The highest BCUT2D eigenvalue weighted by Gasteiger charge is 2.24. The van der Waals surface area contributed by atoms with Crippen molar-refractivity contribution in [1.29, 1.82) is 0 Å². The van der Waals surface area contributed by atoms with Crippen LogP contribution in [0.15, 0.2) is 24.3 Å². The molecule has 2 amide bonds. The summed E-state index contributed by atoms with van der Waals surface area (Å²) in [7, 11) is 0. The molecule has 0 aromatic heterocycles. The number of nitrogens with zero attached hydrogens (tertiary/aromatic N) is 2. The second-order valence-electron chi connectivity index (χ2n) is 7.27. The first-order valence-corrected chi connectivity index (χ1v) is 9.69. The van der Waals surface area contributed by atoms with Crippen LogP contribution in [0.1, 0.15) is 44.9 Å². The summed E-state index contributed by atoms with van der Waals surface area (Å²) in [5.41, 5.74) is 0.884. The molecule has 6 heteroatoms. The monoisotopic (exact) mass is 361 g/mol. The fourth-order valence-corrected chi connectivity index (χ4v) is 3.78. The Kier molecular flexibility index (Phi) is 6.47. The van der Waals surface area contributed by atoms with Crippen LogP contribution >= 0.6 is 0 Å². The number of piperidine rings is 2. The summed E-state index contributed by atoms with van der Waals surface area (Å²) in [5.74, 6) is 0.147. The van der Waals surface area contributed by atoms with Crippen LogP contribution in [0.5, 0.6) is 0 Å². The van der Waals surface area contributed by atoms with E-state index in [0.717, 1.165) is 50.9 Å². The largest absolute Gasteiger partial charge is 0.381 e. The van der Waals surface area contributed by atoms with Crippen LogP contribution in [-0.2, 0) is 9.59 Å². The van der Waals surface area contributed by atoms with E-state index < -0.39 is 0 Å². The number of rotatable bonds is 6. The number of halogens is 1. The maximum Gasteiger partial charge on any atom is 0.222 e. The summed E-state index contributed by atoms with van der Waals surface area (Å²) in [4.78, 5) is 28.1. The molecule has 0 bridgehead atoms. The molecule has 3 rings (SSSR count). The molecule has 1 aromatic carbocycles. The van der Waals surface area contributed by atoms with Crippen molar-refractivity contribution >= 4 is 17.5 Å². The molecule has 5 nitrogen and oxygen atoms in total. The molecule has 1 N–H and O–H groups in total. The first-order chi connectivity index (χ1) is 12.6. The third kappa shape index (κ3) is 5.19. The molecular formula is C20H28FN3O2. The zero-order valence-electron chi connectivity index (χ0n) is 15.3. The molecule has 0 radical (unpaired) electrons. The average Bonchev–Trinajstić information content (AvgIpc) is 2.65. The third-order valence-electron chi connectivity index (χ3n) is 5.23. The van der Waals surface area contributed by atoms with Gasteiger partial charge >= 0.3 is 0 Å². The van der Waals surface area contributed by atoms with Gasteiger partial charge in [-0.3, -0.25) is 9.59 Å². The van der Waals surface area contributed by atoms with Crippen molar-refractivity contribution in [3.8, 4) is 0 Å². The topological polar surface area (TPSA) is 52.7 Å². The SMILES string of the molecule is O=C1CCCCN1CCCC(=O)N1CCC[C@H](Nc2ccc(F)cc2)C1. The van der Waals surface area contributed by atoms with Crippen molar-refractivity contribution in [2.24, 2.45) is 0 Å². The van der Waals surface area contributed by atoms with Crippen molar-refractivity contribution < 1.29 is 14.0 Å². The lowest BCUT2D eigenvalue weighted by atomic mass is 10.0.